The summed E-state index contributed by atoms with van der Waals surface area (Å²) >= 11 is 4.81. The molecule has 1 heterocycles. The molecular formula is C19H18BrN3O2S. The number of rotatable bonds is 7. The molecule has 0 radical (unpaired) electrons. The lowest BCUT2D eigenvalue weighted by Gasteiger charge is -2.09. The van der Waals surface area contributed by atoms with E-state index < -0.39 is 0 Å². The predicted molar refractivity (Wildman–Crippen MR) is 106 cm³/mol. The van der Waals surface area contributed by atoms with Crippen molar-refractivity contribution in [3.05, 3.63) is 70.0 Å². The highest BCUT2D eigenvalue weighted by molar-refractivity contribution is 9.10. The second-order valence-electron chi connectivity index (χ2n) is 5.66. The first-order chi connectivity index (χ1) is 12.6. The molecule has 3 rings (SSSR count). The molecule has 7 heteroatoms. The molecule has 0 fully saturated rings. The van der Waals surface area contributed by atoms with Crippen LogP contribution in [0.5, 0.6) is 5.75 Å². The summed E-state index contributed by atoms with van der Waals surface area (Å²) in [6.07, 6.45) is 0. The van der Waals surface area contributed by atoms with Crippen molar-refractivity contribution in [3.8, 4) is 5.75 Å². The molecule has 0 spiro atoms. The quantitative estimate of drug-likeness (QED) is 0.410. The number of ether oxygens (including phenoxy) is 1. The smallest absolute Gasteiger partial charge is 0.191 e. The first-order valence-electron chi connectivity index (χ1n) is 8.01. The number of Topliss-reactive ketones (excluding diaryl/α,β-unsaturated/α-hetero) is 1. The highest BCUT2D eigenvalue weighted by Crippen LogP contribution is 2.27. The number of benzene rings is 2. The normalized spacial score (nSPS) is 10.7. The summed E-state index contributed by atoms with van der Waals surface area (Å²) in [5.41, 5.74) is 1.80. The van der Waals surface area contributed by atoms with Crippen LogP contribution in [0.2, 0.25) is 0 Å². The molecule has 26 heavy (non-hydrogen) atoms. The number of nitrogens with zero attached hydrogens (tertiary/aromatic N) is 3. The van der Waals surface area contributed by atoms with Crippen molar-refractivity contribution in [2.75, 3.05) is 12.9 Å². The van der Waals surface area contributed by atoms with E-state index in [1.165, 1.54) is 17.3 Å². The fourth-order valence-corrected chi connectivity index (χ4v) is 3.89. The molecule has 0 saturated carbocycles. The van der Waals surface area contributed by atoms with Crippen molar-refractivity contribution < 1.29 is 9.53 Å². The Bertz CT molecular complexity index is 912. The number of carbonyl (C=O) groups excluding carboxylic acids is 1. The van der Waals surface area contributed by atoms with E-state index in [2.05, 4.69) is 38.3 Å². The average molecular weight is 432 g/mol. The maximum atomic E-state index is 12.5. The second-order valence-corrected chi connectivity index (χ2v) is 7.46. The number of aryl methyl sites for hydroxylation is 1. The number of thioether (sulfide) groups is 1. The van der Waals surface area contributed by atoms with E-state index in [9.17, 15) is 4.79 Å². The first kappa shape index (κ1) is 18.7. The Morgan fingerprint density at radius 1 is 1.19 bits per heavy atom. The van der Waals surface area contributed by atoms with Gasteiger partial charge in [0, 0.05) is 5.56 Å². The van der Waals surface area contributed by atoms with Gasteiger partial charge < -0.3 is 9.30 Å². The zero-order valence-corrected chi connectivity index (χ0v) is 16.9. The number of aromatic nitrogens is 3. The van der Waals surface area contributed by atoms with Gasteiger partial charge in [0.15, 0.2) is 10.9 Å². The molecule has 0 aliphatic carbocycles. The van der Waals surface area contributed by atoms with Gasteiger partial charge in [0.2, 0.25) is 0 Å². The van der Waals surface area contributed by atoms with E-state index in [-0.39, 0.29) is 5.78 Å². The Kier molecular flexibility index (Phi) is 6.11. The third-order valence-electron chi connectivity index (χ3n) is 3.89. The van der Waals surface area contributed by atoms with Gasteiger partial charge in [0.1, 0.15) is 11.6 Å². The Hall–Kier alpha value is -2.12. The minimum absolute atomic E-state index is 0.0327. The number of halogens is 1. The molecule has 0 saturated heterocycles. The number of methoxy groups -OCH3 is 1. The van der Waals surface area contributed by atoms with Crippen LogP contribution in [0.4, 0.5) is 0 Å². The predicted octanol–water partition coefficient (Wildman–Crippen LogP) is 4.38. The lowest BCUT2D eigenvalue weighted by atomic mass is 10.1. The number of carbonyl (C=O) groups is 1. The van der Waals surface area contributed by atoms with E-state index in [0.29, 0.717) is 23.6 Å². The van der Waals surface area contributed by atoms with Crippen molar-refractivity contribution in [2.24, 2.45) is 0 Å². The Morgan fingerprint density at radius 3 is 2.65 bits per heavy atom. The van der Waals surface area contributed by atoms with Crippen LogP contribution in [-0.2, 0) is 6.54 Å². The van der Waals surface area contributed by atoms with E-state index in [0.717, 1.165) is 15.5 Å². The van der Waals surface area contributed by atoms with Crippen LogP contribution in [0.25, 0.3) is 0 Å². The number of ketones is 1. The van der Waals surface area contributed by atoms with Gasteiger partial charge in [0.25, 0.3) is 0 Å². The maximum Gasteiger partial charge on any atom is 0.191 e. The third kappa shape index (κ3) is 4.34. The van der Waals surface area contributed by atoms with Gasteiger partial charge in [-0.2, -0.15) is 0 Å². The first-order valence-corrected chi connectivity index (χ1v) is 9.79. The molecule has 3 aromatic rings. The zero-order valence-electron chi connectivity index (χ0n) is 14.5. The molecule has 0 unspecified atom stereocenters. The summed E-state index contributed by atoms with van der Waals surface area (Å²) in [5.74, 6) is 1.86. The van der Waals surface area contributed by atoms with Crippen LogP contribution in [0.1, 0.15) is 21.7 Å². The molecule has 0 N–H and O–H groups in total. The van der Waals surface area contributed by atoms with Crippen LogP contribution in [0.15, 0.2) is 58.2 Å². The van der Waals surface area contributed by atoms with Crippen molar-refractivity contribution in [1.82, 2.24) is 14.8 Å². The van der Waals surface area contributed by atoms with Crippen LogP contribution < -0.4 is 4.74 Å². The fourth-order valence-electron chi connectivity index (χ4n) is 2.47. The summed E-state index contributed by atoms with van der Waals surface area (Å²) in [6.45, 7) is 2.60. The van der Waals surface area contributed by atoms with Crippen molar-refractivity contribution in [1.29, 1.82) is 0 Å². The Morgan fingerprint density at radius 2 is 1.96 bits per heavy atom. The van der Waals surface area contributed by atoms with Gasteiger partial charge in [-0.15, -0.1) is 10.2 Å². The molecular weight excluding hydrogens is 414 g/mol. The fraction of sp³-hybridized carbons (Fsp3) is 0.211. The van der Waals surface area contributed by atoms with Gasteiger partial charge in [-0.05, 0) is 46.6 Å². The lowest BCUT2D eigenvalue weighted by molar-refractivity contribution is 0.102. The van der Waals surface area contributed by atoms with Crippen LogP contribution >= 0.6 is 27.7 Å². The molecule has 0 aliphatic heterocycles. The van der Waals surface area contributed by atoms with Crippen molar-refractivity contribution in [3.63, 3.8) is 0 Å². The van der Waals surface area contributed by atoms with Gasteiger partial charge >= 0.3 is 0 Å². The van der Waals surface area contributed by atoms with Gasteiger partial charge in [-0.1, -0.05) is 42.1 Å². The summed E-state index contributed by atoms with van der Waals surface area (Å²) in [4.78, 5) is 12.5. The third-order valence-corrected chi connectivity index (χ3v) is 5.48. The van der Waals surface area contributed by atoms with Crippen molar-refractivity contribution in [2.45, 2.75) is 18.6 Å². The SMILES string of the molecule is COc1ccc(C(=O)CSc2nnc(C)n2Cc2ccccc2)cc1Br. The summed E-state index contributed by atoms with van der Waals surface area (Å²) in [5, 5.41) is 9.12. The summed E-state index contributed by atoms with van der Waals surface area (Å²) < 4.78 is 7.99. The summed E-state index contributed by atoms with van der Waals surface area (Å²) in [7, 11) is 1.60. The highest BCUT2D eigenvalue weighted by atomic mass is 79.9. The number of hydrogen-bond acceptors (Lipinski definition) is 5. The largest absolute Gasteiger partial charge is 0.496 e. The van der Waals surface area contributed by atoms with E-state index >= 15 is 0 Å². The van der Waals surface area contributed by atoms with Gasteiger partial charge in [0.05, 0.1) is 23.9 Å². The summed E-state index contributed by atoms with van der Waals surface area (Å²) in [6, 6.07) is 15.5. The van der Waals surface area contributed by atoms with Crippen LogP contribution in [0.3, 0.4) is 0 Å². The van der Waals surface area contributed by atoms with Gasteiger partial charge in [-0.3, -0.25) is 4.79 Å². The molecule has 134 valence electrons. The van der Waals surface area contributed by atoms with E-state index in [1.807, 2.05) is 29.7 Å². The molecule has 2 aromatic carbocycles. The molecule has 0 bridgehead atoms. The van der Waals surface area contributed by atoms with Crippen LogP contribution in [0, 0.1) is 6.92 Å². The molecule has 0 amide bonds. The van der Waals surface area contributed by atoms with E-state index in [1.54, 1.807) is 25.3 Å². The standard InChI is InChI=1S/C19H18BrN3O2S/c1-13-21-22-19(23(13)11-14-6-4-3-5-7-14)26-12-17(24)15-8-9-18(25-2)16(20)10-15/h3-10H,11-12H2,1-2H3. The average Bonchev–Trinajstić information content (AvgIpc) is 3.00. The minimum atomic E-state index is 0.0327. The number of hydrogen-bond donors (Lipinski definition) is 0. The highest BCUT2D eigenvalue weighted by Gasteiger charge is 2.14. The Labute approximate surface area is 164 Å². The van der Waals surface area contributed by atoms with Crippen molar-refractivity contribution >= 4 is 33.5 Å². The minimum Gasteiger partial charge on any atom is -0.496 e. The van der Waals surface area contributed by atoms with Crippen LogP contribution in [-0.4, -0.2) is 33.4 Å². The van der Waals surface area contributed by atoms with Gasteiger partial charge in [-0.25, -0.2) is 0 Å². The molecule has 5 nitrogen and oxygen atoms in total. The molecule has 0 aliphatic rings. The lowest BCUT2D eigenvalue weighted by Crippen LogP contribution is -2.07. The second kappa shape index (κ2) is 8.51. The van der Waals surface area contributed by atoms with E-state index in [4.69, 9.17) is 4.74 Å². The zero-order chi connectivity index (χ0) is 18.5. The molecule has 0 atom stereocenters. The monoisotopic (exact) mass is 431 g/mol. The Balaban J connectivity index is 1.70. The molecule has 1 aromatic heterocycles. The maximum absolute atomic E-state index is 12.5. The topological polar surface area (TPSA) is 57.0 Å².